The van der Waals surface area contributed by atoms with Gasteiger partial charge < -0.3 is 18.8 Å². The number of benzene rings is 2. The molecule has 0 atom stereocenters. The van der Waals surface area contributed by atoms with Crippen LogP contribution in [0.4, 0.5) is 0 Å². The number of hydrogen-bond donors (Lipinski definition) is 0. The number of rotatable bonds is 3. The zero-order valence-electron chi connectivity index (χ0n) is 17.6. The molecule has 3 rings (SSSR count). The quantitative estimate of drug-likeness (QED) is 0.581. The first-order valence-electron chi connectivity index (χ1n) is 9.46. The van der Waals surface area contributed by atoms with Crippen LogP contribution >= 0.6 is 0 Å². The summed E-state index contributed by atoms with van der Waals surface area (Å²) in [6.07, 6.45) is 0. The summed E-state index contributed by atoms with van der Waals surface area (Å²) in [4.78, 5) is 25.8. The first-order chi connectivity index (χ1) is 13.4. The molecule has 0 N–H and O–H groups in total. The third-order valence-electron chi connectivity index (χ3n) is 3.90. The maximum Gasteiger partial charge on any atom is 0.634 e. The van der Waals surface area contributed by atoms with E-state index in [9.17, 15) is 9.59 Å². The summed E-state index contributed by atoms with van der Waals surface area (Å²) < 4.78 is 22.9. The Balaban J connectivity index is 2.07. The number of carbonyl (C=O) groups is 2. The van der Waals surface area contributed by atoms with Crippen LogP contribution in [-0.2, 0) is 9.47 Å². The highest BCUT2D eigenvalue weighted by Crippen LogP contribution is 2.33. The molecule has 0 amide bonds. The normalized spacial score (nSPS) is 13.2. The Morgan fingerprint density at radius 1 is 0.724 bits per heavy atom. The SMILES string of the molecule is CC(C)(C)OC(=O)c1cccc(C(=O)OC(C)(C)C)c1B1Oc2ccccc2O1. The molecular weight excluding hydrogens is 371 g/mol. The first-order valence-corrected chi connectivity index (χ1v) is 9.46. The van der Waals surface area contributed by atoms with Gasteiger partial charge in [0.25, 0.3) is 0 Å². The van der Waals surface area contributed by atoms with Crippen molar-refractivity contribution in [3.63, 3.8) is 0 Å². The third-order valence-corrected chi connectivity index (χ3v) is 3.90. The lowest BCUT2D eigenvalue weighted by Gasteiger charge is -2.23. The Kier molecular flexibility index (Phi) is 5.35. The Hall–Kier alpha value is -2.96. The Morgan fingerprint density at radius 2 is 1.14 bits per heavy atom. The van der Waals surface area contributed by atoms with Gasteiger partial charge in [0.2, 0.25) is 0 Å². The van der Waals surface area contributed by atoms with Gasteiger partial charge in [0, 0.05) is 5.46 Å². The second-order valence-corrected chi connectivity index (χ2v) is 8.78. The number of esters is 2. The predicted molar refractivity (Wildman–Crippen MR) is 110 cm³/mol. The van der Waals surface area contributed by atoms with Gasteiger partial charge >= 0.3 is 19.1 Å². The van der Waals surface area contributed by atoms with Crippen molar-refractivity contribution in [3.05, 3.63) is 53.6 Å². The minimum Gasteiger partial charge on any atom is -0.519 e. The lowest BCUT2D eigenvalue weighted by Crippen LogP contribution is -2.46. The highest BCUT2D eigenvalue weighted by Gasteiger charge is 2.41. The summed E-state index contributed by atoms with van der Waals surface area (Å²) in [5, 5.41) is 0. The largest absolute Gasteiger partial charge is 0.634 e. The van der Waals surface area contributed by atoms with Crippen molar-refractivity contribution < 1.29 is 28.4 Å². The molecule has 29 heavy (non-hydrogen) atoms. The maximum atomic E-state index is 12.9. The molecule has 0 aliphatic carbocycles. The van der Waals surface area contributed by atoms with Crippen LogP contribution in [0.1, 0.15) is 62.3 Å². The molecule has 6 nitrogen and oxygen atoms in total. The predicted octanol–water partition coefficient (Wildman–Crippen LogP) is 3.76. The zero-order chi connectivity index (χ0) is 21.4. The lowest BCUT2D eigenvalue weighted by molar-refractivity contribution is 0.00676. The maximum absolute atomic E-state index is 12.9. The van der Waals surface area contributed by atoms with Crippen LogP contribution in [0, 0.1) is 0 Å². The number of para-hydroxylation sites is 2. The zero-order valence-corrected chi connectivity index (χ0v) is 17.6. The van der Waals surface area contributed by atoms with E-state index in [1.807, 2.05) is 12.1 Å². The summed E-state index contributed by atoms with van der Waals surface area (Å²) in [6, 6.07) is 12.0. The molecule has 1 heterocycles. The van der Waals surface area contributed by atoms with Crippen molar-refractivity contribution in [2.24, 2.45) is 0 Å². The van der Waals surface area contributed by atoms with Crippen LogP contribution in [0.5, 0.6) is 11.5 Å². The highest BCUT2D eigenvalue weighted by molar-refractivity contribution is 6.66. The van der Waals surface area contributed by atoms with Crippen LogP contribution in [0.25, 0.3) is 0 Å². The van der Waals surface area contributed by atoms with E-state index in [-0.39, 0.29) is 16.6 Å². The van der Waals surface area contributed by atoms with Crippen molar-refractivity contribution in [2.45, 2.75) is 52.7 Å². The van der Waals surface area contributed by atoms with E-state index in [2.05, 4.69) is 0 Å². The first kappa shape index (κ1) is 20.8. The van der Waals surface area contributed by atoms with Gasteiger partial charge in [-0.15, -0.1) is 0 Å². The molecule has 0 fully saturated rings. The van der Waals surface area contributed by atoms with Gasteiger partial charge in [0.15, 0.2) is 0 Å². The van der Waals surface area contributed by atoms with Crippen LogP contribution < -0.4 is 14.8 Å². The molecule has 0 unspecified atom stereocenters. The van der Waals surface area contributed by atoms with E-state index in [0.717, 1.165) is 0 Å². The molecule has 0 radical (unpaired) electrons. The Bertz CT molecular complexity index is 868. The number of hydrogen-bond acceptors (Lipinski definition) is 6. The molecule has 2 aromatic rings. The van der Waals surface area contributed by atoms with Crippen LogP contribution in [-0.4, -0.2) is 30.3 Å². The van der Waals surface area contributed by atoms with Crippen molar-refractivity contribution in [2.75, 3.05) is 0 Å². The van der Waals surface area contributed by atoms with Crippen LogP contribution in [0.15, 0.2) is 42.5 Å². The van der Waals surface area contributed by atoms with Gasteiger partial charge in [0.05, 0.1) is 11.1 Å². The van der Waals surface area contributed by atoms with Gasteiger partial charge in [-0.2, -0.15) is 0 Å². The Labute approximate surface area is 171 Å². The van der Waals surface area contributed by atoms with Gasteiger partial charge in [-0.3, -0.25) is 0 Å². The lowest BCUT2D eigenvalue weighted by atomic mass is 9.73. The standard InChI is InChI=1S/C22H25BO6/c1-21(2,3)26-19(24)14-10-9-11-15(20(25)27-22(4,5)6)18(14)23-28-16-12-7-8-13-17(16)29-23/h7-13H,1-6H3. The molecule has 0 saturated heterocycles. The van der Waals surface area contributed by atoms with Gasteiger partial charge in [0.1, 0.15) is 22.7 Å². The molecule has 0 spiro atoms. The second kappa shape index (κ2) is 7.46. The minimum absolute atomic E-state index is 0.195. The fourth-order valence-corrected chi connectivity index (χ4v) is 2.86. The van der Waals surface area contributed by atoms with Crippen LogP contribution in [0.3, 0.4) is 0 Å². The number of ether oxygens (including phenoxy) is 2. The fourth-order valence-electron chi connectivity index (χ4n) is 2.86. The summed E-state index contributed by atoms with van der Waals surface area (Å²) >= 11 is 0. The molecule has 7 heteroatoms. The summed E-state index contributed by atoms with van der Waals surface area (Å²) in [6.45, 7) is 10.7. The molecule has 0 saturated carbocycles. The van der Waals surface area contributed by atoms with E-state index in [0.29, 0.717) is 11.5 Å². The van der Waals surface area contributed by atoms with Gasteiger partial charge in [-0.05, 0) is 65.8 Å². The molecule has 1 aliphatic heterocycles. The summed E-state index contributed by atoms with van der Waals surface area (Å²) in [7, 11) is -0.973. The van der Waals surface area contributed by atoms with Crippen molar-refractivity contribution in [3.8, 4) is 11.5 Å². The molecule has 152 valence electrons. The second-order valence-electron chi connectivity index (χ2n) is 8.78. The van der Waals surface area contributed by atoms with E-state index < -0.39 is 30.3 Å². The fraction of sp³-hybridized carbons (Fsp3) is 0.364. The summed E-state index contributed by atoms with van der Waals surface area (Å²) in [5.74, 6) is -0.0691. The van der Waals surface area contributed by atoms with E-state index in [4.69, 9.17) is 18.8 Å². The third kappa shape index (κ3) is 4.91. The molecule has 0 aromatic heterocycles. The highest BCUT2D eigenvalue weighted by atomic mass is 16.6. The van der Waals surface area contributed by atoms with E-state index in [1.54, 1.807) is 71.9 Å². The number of carbonyl (C=O) groups excluding carboxylic acids is 2. The van der Waals surface area contributed by atoms with E-state index >= 15 is 0 Å². The number of fused-ring (bicyclic) bond motifs is 1. The monoisotopic (exact) mass is 396 g/mol. The average molecular weight is 396 g/mol. The van der Waals surface area contributed by atoms with Crippen LogP contribution in [0.2, 0.25) is 0 Å². The van der Waals surface area contributed by atoms with Crippen molar-refractivity contribution >= 4 is 24.5 Å². The minimum atomic E-state index is -0.973. The topological polar surface area (TPSA) is 71.1 Å². The smallest absolute Gasteiger partial charge is 0.519 e. The van der Waals surface area contributed by atoms with Crippen molar-refractivity contribution in [1.82, 2.24) is 0 Å². The molecule has 2 aromatic carbocycles. The van der Waals surface area contributed by atoms with Gasteiger partial charge in [-0.1, -0.05) is 18.2 Å². The van der Waals surface area contributed by atoms with E-state index in [1.165, 1.54) is 0 Å². The molecular formula is C22H25BO6. The molecule has 0 bridgehead atoms. The Morgan fingerprint density at radius 3 is 1.52 bits per heavy atom. The summed E-state index contributed by atoms with van der Waals surface area (Å²) in [5.41, 5.74) is -0.720. The average Bonchev–Trinajstić information content (AvgIpc) is 3.01. The van der Waals surface area contributed by atoms with Gasteiger partial charge in [-0.25, -0.2) is 9.59 Å². The molecule has 1 aliphatic rings. The van der Waals surface area contributed by atoms with Crippen molar-refractivity contribution in [1.29, 1.82) is 0 Å².